The maximum absolute atomic E-state index is 13.3. The lowest BCUT2D eigenvalue weighted by atomic mass is 9.84. The van der Waals surface area contributed by atoms with Crippen LogP contribution in [0.1, 0.15) is 43.7 Å². The number of nitrogens with one attached hydrogen (secondary N) is 1. The van der Waals surface area contributed by atoms with E-state index in [1.165, 1.54) is 0 Å². The van der Waals surface area contributed by atoms with Gasteiger partial charge in [0.1, 0.15) is 0 Å². The molecular formula is C23H27N3O4S. The van der Waals surface area contributed by atoms with E-state index >= 15 is 0 Å². The number of nitrogens with zero attached hydrogens (tertiary/aromatic N) is 2. The number of rotatable bonds is 4. The molecule has 31 heavy (non-hydrogen) atoms. The van der Waals surface area contributed by atoms with Crippen molar-refractivity contribution in [2.75, 3.05) is 18.4 Å². The quantitative estimate of drug-likeness (QED) is 0.790. The molecule has 2 aliphatic heterocycles. The first-order valence-electron chi connectivity index (χ1n) is 11.0. The summed E-state index contributed by atoms with van der Waals surface area (Å²) in [6, 6.07) is 11.7. The summed E-state index contributed by atoms with van der Waals surface area (Å²) in [6.07, 6.45) is 4.93. The molecule has 2 aromatic rings. The van der Waals surface area contributed by atoms with Crippen LogP contribution in [-0.4, -0.2) is 36.3 Å². The van der Waals surface area contributed by atoms with Gasteiger partial charge in [-0.2, -0.15) is 4.31 Å². The Morgan fingerprint density at radius 1 is 0.968 bits per heavy atom. The fourth-order valence-electron chi connectivity index (χ4n) is 5.34. The molecule has 2 atom stereocenters. The molecule has 1 saturated heterocycles. The third-order valence-corrected chi connectivity index (χ3v) is 8.78. The maximum Gasteiger partial charge on any atom is 0.250 e. The van der Waals surface area contributed by atoms with E-state index < -0.39 is 10.0 Å². The minimum atomic E-state index is -3.64. The zero-order chi connectivity index (χ0) is 21.6. The van der Waals surface area contributed by atoms with Crippen molar-refractivity contribution in [3.05, 3.63) is 58.5 Å². The predicted octanol–water partition coefficient (Wildman–Crippen LogP) is 2.79. The van der Waals surface area contributed by atoms with Crippen LogP contribution >= 0.6 is 0 Å². The number of piperidine rings is 1. The molecular weight excluding hydrogens is 414 g/mol. The number of hydrogen-bond donors (Lipinski definition) is 1. The highest BCUT2D eigenvalue weighted by Gasteiger charge is 2.39. The van der Waals surface area contributed by atoms with E-state index in [0.29, 0.717) is 25.3 Å². The lowest BCUT2D eigenvalue weighted by Crippen LogP contribution is -2.48. The Morgan fingerprint density at radius 2 is 1.71 bits per heavy atom. The molecule has 1 saturated carbocycles. The fraction of sp³-hybridized carbons (Fsp3) is 0.478. The van der Waals surface area contributed by atoms with Gasteiger partial charge in [0.25, 0.3) is 5.56 Å². The van der Waals surface area contributed by atoms with Crippen molar-refractivity contribution in [3.8, 4) is 0 Å². The first-order valence-corrected chi connectivity index (χ1v) is 12.5. The van der Waals surface area contributed by atoms with Crippen LogP contribution in [0.2, 0.25) is 0 Å². The number of carbonyl (C=O) groups is 1. The van der Waals surface area contributed by atoms with Gasteiger partial charge in [0.2, 0.25) is 15.9 Å². The summed E-state index contributed by atoms with van der Waals surface area (Å²) in [5.41, 5.74) is 1.53. The summed E-state index contributed by atoms with van der Waals surface area (Å²) >= 11 is 0. The SMILES string of the molecule is O=C(Nc1ccc(S(=O)(=O)N2C[C@@H]3C[C@H](C2)c2cccc(=O)n2C3)cc1)C1CCCC1. The topological polar surface area (TPSA) is 88.5 Å². The molecule has 3 aliphatic rings. The summed E-state index contributed by atoms with van der Waals surface area (Å²) in [6.45, 7) is 1.35. The highest BCUT2D eigenvalue weighted by molar-refractivity contribution is 7.89. The van der Waals surface area contributed by atoms with Gasteiger partial charge < -0.3 is 9.88 Å². The third kappa shape index (κ3) is 3.83. The van der Waals surface area contributed by atoms with Crippen LogP contribution in [0.25, 0.3) is 0 Å². The lowest BCUT2D eigenvalue weighted by molar-refractivity contribution is -0.119. The van der Waals surface area contributed by atoms with Gasteiger partial charge in [-0.3, -0.25) is 9.59 Å². The van der Waals surface area contributed by atoms with E-state index in [1.54, 1.807) is 45.3 Å². The number of pyridine rings is 1. The van der Waals surface area contributed by atoms with Gasteiger partial charge in [0.15, 0.2) is 0 Å². The van der Waals surface area contributed by atoms with Gasteiger partial charge in [-0.05, 0) is 55.5 Å². The summed E-state index contributed by atoms with van der Waals surface area (Å²) in [7, 11) is -3.64. The van der Waals surface area contributed by atoms with Gasteiger partial charge in [-0.25, -0.2) is 8.42 Å². The Balaban J connectivity index is 1.33. The van der Waals surface area contributed by atoms with Crippen molar-refractivity contribution < 1.29 is 13.2 Å². The summed E-state index contributed by atoms with van der Waals surface area (Å²) in [5.74, 6) is 0.240. The van der Waals surface area contributed by atoms with Crippen LogP contribution < -0.4 is 10.9 Å². The van der Waals surface area contributed by atoms with E-state index in [2.05, 4.69) is 5.32 Å². The van der Waals surface area contributed by atoms with Gasteiger partial charge in [-0.1, -0.05) is 18.9 Å². The number of carbonyl (C=O) groups excluding carboxylic acids is 1. The molecule has 1 aliphatic carbocycles. The van der Waals surface area contributed by atoms with Crippen LogP contribution in [0.3, 0.4) is 0 Å². The maximum atomic E-state index is 13.3. The molecule has 1 aromatic carbocycles. The van der Waals surface area contributed by atoms with Crippen LogP contribution in [-0.2, 0) is 21.4 Å². The average Bonchev–Trinajstić information content (AvgIpc) is 3.30. The number of aromatic nitrogens is 1. The van der Waals surface area contributed by atoms with E-state index in [4.69, 9.17) is 0 Å². The largest absolute Gasteiger partial charge is 0.326 e. The molecule has 1 aromatic heterocycles. The number of hydrogen-bond acceptors (Lipinski definition) is 4. The normalized spacial score (nSPS) is 24.0. The highest BCUT2D eigenvalue weighted by Crippen LogP contribution is 2.37. The molecule has 0 radical (unpaired) electrons. The molecule has 1 N–H and O–H groups in total. The second-order valence-corrected chi connectivity index (χ2v) is 11.0. The summed E-state index contributed by atoms with van der Waals surface area (Å²) in [5, 5.41) is 2.91. The molecule has 164 valence electrons. The standard InChI is InChI=1S/C23H27N3O4S/c27-22-7-3-6-21-18-12-16(14-26(21)22)13-25(15-18)31(29,30)20-10-8-19(9-11-20)24-23(28)17-4-1-2-5-17/h3,6-11,16-18H,1-2,4-5,12-15H2,(H,24,28)/t16-,18+/m0/s1. The Hall–Kier alpha value is -2.45. The molecule has 7 nitrogen and oxygen atoms in total. The van der Waals surface area contributed by atoms with Crippen molar-refractivity contribution in [3.63, 3.8) is 0 Å². The van der Waals surface area contributed by atoms with Gasteiger partial charge >= 0.3 is 0 Å². The number of sulfonamides is 1. The fourth-order valence-corrected chi connectivity index (χ4v) is 6.90. The monoisotopic (exact) mass is 441 g/mol. The Bertz CT molecular complexity index is 1150. The zero-order valence-corrected chi connectivity index (χ0v) is 18.2. The molecule has 0 unspecified atom stereocenters. The molecule has 5 rings (SSSR count). The number of benzene rings is 1. The van der Waals surface area contributed by atoms with E-state index in [1.807, 2.05) is 6.07 Å². The minimum absolute atomic E-state index is 0.0150. The van der Waals surface area contributed by atoms with E-state index in [9.17, 15) is 18.0 Å². The van der Waals surface area contributed by atoms with Crippen LogP contribution in [0, 0.1) is 11.8 Å². The summed E-state index contributed by atoms with van der Waals surface area (Å²) in [4.78, 5) is 24.7. The third-order valence-electron chi connectivity index (χ3n) is 6.93. The second kappa shape index (κ2) is 7.91. The van der Waals surface area contributed by atoms with Crippen LogP contribution in [0.5, 0.6) is 0 Å². The van der Waals surface area contributed by atoms with Gasteiger partial charge in [0, 0.05) is 48.9 Å². The second-order valence-electron chi connectivity index (χ2n) is 9.02. The Morgan fingerprint density at radius 3 is 2.45 bits per heavy atom. The molecule has 8 heteroatoms. The van der Waals surface area contributed by atoms with Crippen LogP contribution in [0.15, 0.2) is 52.2 Å². The van der Waals surface area contributed by atoms with Gasteiger partial charge in [0.05, 0.1) is 4.90 Å². The van der Waals surface area contributed by atoms with E-state index in [-0.39, 0.29) is 34.1 Å². The van der Waals surface area contributed by atoms with Crippen molar-refractivity contribution in [1.82, 2.24) is 8.87 Å². The molecule has 2 bridgehead atoms. The molecule has 2 fully saturated rings. The highest BCUT2D eigenvalue weighted by atomic mass is 32.2. The first kappa shape index (κ1) is 20.5. The average molecular weight is 442 g/mol. The Labute approximate surface area is 182 Å². The summed E-state index contributed by atoms with van der Waals surface area (Å²) < 4.78 is 30.0. The smallest absolute Gasteiger partial charge is 0.250 e. The first-order chi connectivity index (χ1) is 14.9. The lowest BCUT2D eigenvalue weighted by Gasteiger charge is -2.42. The molecule has 3 heterocycles. The number of anilines is 1. The molecule has 0 spiro atoms. The van der Waals surface area contributed by atoms with Crippen molar-refractivity contribution >= 4 is 21.6 Å². The van der Waals surface area contributed by atoms with Crippen molar-refractivity contribution in [2.24, 2.45) is 11.8 Å². The predicted molar refractivity (Wildman–Crippen MR) is 117 cm³/mol. The van der Waals surface area contributed by atoms with Gasteiger partial charge in [-0.15, -0.1) is 0 Å². The van der Waals surface area contributed by atoms with Crippen molar-refractivity contribution in [2.45, 2.75) is 49.5 Å². The molecule has 1 amide bonds. The minimum Gasteiger partial charge on any atom is -0.326 e. The number of fused-ring (bicyclic) bond motifs is 4. The number of amides is 1. The van der Waals surface area contributed by atoms with Crippen LogP contribution in [0.4, 0.5) is 5.69 Å². The zero-order valence-electron chi connectivity index (χ0n) is 17.4. The van der Waals surface area contributed by atoms with E-state index in [0.717, 1.165) is 37.8 Å². The van der Waals surface area contributed by atoms with Crippen molar-refractivity contribution in [1.29, 1.82) is 0 Å². The Kier molecular flexibility index (Phi) is 5.22.